The van der Waals surface area contributed by atoms with Gasteiger partial charge in [-0.3, -0.25) is 9.59 Å². The molecular weight excluding hydrogens is 398 g/mol. The number of Topliss-reactive ketones (excluding diaryl/α,β-unsaturated/α-hetero) is 1. The number of carbonyl (C=O) groups excluding carboxylic acids is 3. The lowest BCUT2D eigenvalue weighted by Gasteiger charge is -2.38. The van der Waals surface area contributed by atoms with Gasteiger partial charge in [-0.25, -0.2) is 4.79 Å². The minimum atomic E-state index is -0.905. The molecule has 0 unspecified atom stereocenters. The molecule has 0 spiro atoms. The predicted octanol–water partition coefficient (Wildman–Crippen LogP) is 3.26. The summed E-state index contributed by atoms with van der Waals surface area (Å²) in [6, 6.07) is 7.24. The molecule has 1 aromatic rings. The lowest BCUT2D eigenvalue weighted by atomic mass is 9.69. The molecule has 7 heteroatoms. The Morgan fingerprint density at radius 2 is 1.84 bits per heavy atom. The smallest absolute Gasteiger partial charge is 0.336 e. The maximum Gasteiger partial charge on any atom is 0.336 e. The van der Waals surface area contributed by atoms with Crippen LogP contribution in [0.2, 0.25) is 0 Å². The van der Waals surface area contributed by atoms with Crippen LogP contribution in [0, 0.1) is 11.8 Å². The van der Waals surface area contributed by atoms with Gasteiger partial charge in [0.1, 0.15) is 11.7 Å². The highest BCUT2D eigenvalue weighted by atomic mass is 16.5. The topological polar surface area (TPSA) is 90.9 Å². The highest BCUT2D eigenvalue weighted by molar-refractivity contribution is 6.12. The Hall–Kier alpha value is -3.09. The van der Waals surface area contributed by atoms with E-state index in [1.165, 1.54) is 7.11 Å². The lowest BCUT2D eigenvalue weighted by molar-refractivity contribution is -0.151. The van der Waals surface area contributed by atoms with Crippen molar-refractivity contribution in [2.45, 2.75) is 39.5 Å². The molecule has 0 saturated carbocycles. The predicted molar refractivity (Wildman–Crippen MR) is 114 cm³/mol. The number of ketones is 1. The van der Waals surface area contributed by atoms with E-state index >= 15 is 0 Å². The van der Waals surface area contributed by atoms with Gasteiger partial charge >= 0.3 is 11.9 Å². The number of hydrogen-bond acceptors (Lipinski definition) is 7. The first-order valence-electron chi connectivity index (χ1n) is 10.5. The van der Waals surface area contributed by atoms with Crippen LogP contribution in [0.5, 0.6) is 5.75 Å². The zero-order chi connectivity index (χ0) is 22.7. The highest BCUT2D eigenvalue weighted by Gasteiger charge is 2.47. The average molecular weight is 427 g/mol. The molecule has 3 atom stereocenters. The van der Waals surface area contributed by atoms with Crippen molar-refractivity contribution in [2.24, 2.45) is 11.8 Å². The molecular formula is C24H29NO6. The second kappa shape index (κ2) is 9.37. The summed E-state index contributed by atoms with van der Waals surface area (Å²) in [6.45, 7) is 5.87. The summed E-state index contributed by atoms with van der Waals surface area (Å²) < 4.78 is 15.6. The minimum Gasteiger partial charge on any atom is -0.497 e. The van der Waals surface area contributed by atoms with Gasteiger partial charge in [0.25, 0.3) is 0 Å². The molecule has 1 N–H and O–H groups in total. The average Bonchev–Trinajstić information content (AvgIpc) is 2.76. The van der Waals surface area contributed by atoms with E-state index in [9.17, 15) is 14.4 Å². The molecule has 7 nitrogen and oxygen atoms in total. The number of benzene rings is 1. The molecule has 31 heavy (non-hydrogen) atoms. The van der Waals surface area contributed by atoms with Gasteiger partial charge in [0.15, 0.2) is 5.78 Å². The molecule has 0 amide bonds. The van der Waals surface area contributed by atoms with E-state index in [2.05, 4.69) is 5.32 Å². The Morgan fingerprint density at radius 3 is 2.42 bits per heavy atom. The van der Waals surface area contributed by atoms with Gasteiger partial charge < -0.3 is 19.5 Å². The van der Waals surface area contributed by atoms with Crippen molar-refractivity contribution < 1.29 is 28.6 Å². The van der Waals surface area contributed by atoms with Gasteiger partial charge in [-0.2, -0.15) is 0 Å². The van der Waals surface area contributed by atoms with Crippen LogP contribution in [0.4, 0.5) is 0 Å². The Bertz CT molecular complexity index is 943. The largest absolute Gasteiger partial charge is 0.497 e. The number of ether oxygens (including phenoxy) is 3. The van der Waals surface area contributed by atoms with Crippen molar-refractivity contribution in [2.75, 3.05) is 20.8 Å². The van der Waals surface area contributed by atoms with Crippen molar-refractivity contribution in [3.63, 3.8) is 0 Å². The van der Waals surface area contributed by atoms with Crippen LogP contribution in [-0.2, 0) is 23.9 Å². The van der Waals surface area contributed by atoms with E-state index in [1.807, 2.05) is 32.9 Å². The van der Waals surface area contributed by atoms with Crippen molar-refractivity contribution in [3.05, 3.63) is 52.4 Å². The summed E-state index contributed by atoms with van der Waals surface area (Å²) in [7, 11) is 2.86. The Morgan fingerprint density at radius 1 is 1.16 bits per heavy atom. The van der Waals surface area contributed by atoms with E-state index in [-0.39, 0.29) is 18.3 Å². The van der Waals surface area contributed by atoms with Crippen LogP contribution in [0.1, 0.15) is 45.1 Å². The van der Waals surface area contributed by atoms with Crippen LogP contribution in [0.3, 0.4) is 0 Å². The fraction of sp³-hybridized carbons (Fsp3) is 0.458. The van der Waals surface area contributed by atoms with Crippen molar-refractivity contribution in [1.29, 1.82) is 0 Å². The van der Waals surface area contributed by atoms with Gasteiger partial charge in [0.2, 0.25) is 0 Å². The summed E-state index contributed by atoms with van der Waals surface area (Å²) in [4.78, 5) is 39.0. The molecule has 0 bridgehead atoms. The minimum absolute atomic E-state index is 0.218. The normalized spacial score (nSPS) is 23.1. The van der Waals surface area contributed by atoms with Crippen LogP contribution < -0.4 is 10.1 Å². The molecule has 2 aliphatic rings. The quantitative estimate of drug-likeness (QED) is 0.550. The number of allylic oxidation sites excluding steroid dienone is 3. The van der Waals surface area contributed by atoms with Crippen molar-refractivity contribution >= 4 is 17.7 Å². The fourth-order valence-corrected chi connectivity index (χ4v) is 4.35. The van der Waals surface area contributed by atoms with E-state index in [1.54, 1.807) is 19.2 Å². The maximum absolute atomic E-state index is 13.6. The van der Waals surface area contributed by atoms with Crippen molar-refractivity contribution in [1.82, 2.24) is 5.32 Å². The van der Waals surface area contributed by atoms with Crippen LogP contribution in [-0.4, -0.2) is 38.5 Å². The first-order chi connectivity index (χ1) is 14.8. The number of esters is 2. The van der Waals surface area contributed by atoms with Gasteiger partial charge in [0, 0.05) is 22.9 Å². The summed E-state index contributed by atoms with van der Waals surface area (Å²) in [5, 5.41) is 3.25. The molecule has 0 radical (unpaired) electrons. The molecule has 0 fully saturated rings. The monoisotopic (exact) mass is 427 g/mol. The molecule has 1 aliphatic heterocycles. The second-order valence-corrected chi connectivity index (χ2v) is 7.94. The Balaban J connectivity index is 2.14. The van der Waals surface area contributed by atoms with E-state index < -0.39 is 23.8 Å². The van der Waals surface area contributed by atoms with Crippen LogP contribution in [0.15, 0.2) is 46.8 Å². The summed E-state index contributed by atoms with van der Waals surface area (Å²) >= 11 is 0. The zero-order valence-electron chi connectivity index (χ0n) is 18.6. The van der Waals surface area contributed by atoms with E-state index in [0.717, 1.165) is 11.3 Å². The Kier molecular flexibility index (Phi) is 6.83. The van der Waals surface area contributed by atoms with E-state index in [4.69, 9.17) is 14.2 Å². The van der Waals surface area contributed by atoms with Gasteiger partial charge in [-0.15, -0.1) is 0 Å². The number of dihydropyridines is 1. The second-order valence-electron chi connectivity index (χ2n) is 7.94. The molecule has 1 aromatic carbocycles. The molecule has 3 rings (SSSR count). The maximum atomic E-state index is 13.6. The first-order valence-corrected chi connectivity index (χ1v) is 10.5. The first kappa shape index (κ1) is 22.6. The third-order valence-electron chi connectivity index (χ3n) is 5.85. The standard InChI is InChI=1S/C24H29NO6/c1-6-11-31-24(28)19-14(3)25-17-12-13(2)18(23(27)30-5)22(26)21(17)20(19)15-7-9-16(29-4)10-8-15/h7-10,13,18,20,25H,6,11-12H2,1-5H3/t13-,18-,20+/m0/s1. The number of hydrogen-bond donors (Lipinski definition) is 1. The third-order valence-corrected chi connectivity index (χ3v) is 5.85. The van der Waals surface area contributed by atoms with Crippen molar-refractivity contribution in [3.8, 4) is 5.75 Å². The summed E-state index contributed by atoms with van der Waals surface area (Å²) in [5.74, 6) is -2.44. The number of rotatable bonds is 6. The highest BCUT2D eigenvalue weighted by Crippen LogP contribution is 2.45. The summed E-state index contributed by atoms with van der Waals surface area (Å²) in [5.41, 5.74) is 2.95. The zero-order valence-corrected chi connectivity index (χ0v) is 18.6. The summed E-state index contributed by atoms with van der Waals surface area (Å²) in [6.07, 6.45) is 1.19. The van der Waals surface area contributed by atoms with Gasteiger partial charge in [0.05, 0.1) is 26.4 Å². The number of carbonyl (C=O) groups is 3. The van der Waals surface area contributed by atoms with E-state index in [0.29, 0.717) is 35.4 Å². The molecule has 0 saturated heterocycles. The number of methoxy groups -OCH3 is 2. The SMILES string of the molecule is CCCOC(=O)C1=C(C)NC2=C(C(=O)[C@@H](C(=O)OC)[C@@H](C)C2)[C@@H]1c1ccc(OC)cc1. The number of nitrogens with one attached hydrogen (secondary N) is 1. The lowest BCUT2D eigenvalue weighted by Crippen LogP contribution is -2.43. The third kappa shape index (κ3) is 4.22. The Labute approximate surface area is 182 Å². The van der Waals surface area contributed by atoms with Crippen LogP contribution in [0.25, 0.3) is 0 Å². The molecule has 1 aliphatic carbocycles. The van der Waals surface area contributed by atoms with Gasteiger partial charge in [-0.05, 0) is 43.4 Å². The molecule has 166 valence electrons. The molecule has 1 heterocycles. The fourth-order valence-electron chi connectivity index (χ4n) is 4.35. The van der Waals surface area contributed by atoms with Crippen LogP contribution >= 0.6 is 0 Å². The molecule has 0 aromatic heterocycles. The van der Waals surface area contributed by atoms with Gasteiger partial charge in [-0.1, -0.05) is 26.0 Å².